The zero-order chi connectivity index (χ0) is 10.1. The molecule has 1 aromatic carbocycles. The van der Waals surface area contributed by atoms with E-state index in [9.17, 15) is 4.79 Å². The Kier molecular flexibility index (Phi) is 2.13. The number of hydrogen-bond acceptors (Lipinski definition) is 3. The summed E-state index contributed by atoms with van der Waals surface area (Å²) < 4.78 is 4.77. The van der Waals surface area contributed by atoms with Crippen LogP contribution in [0.5, 0.6) is 5.75 Å². The number of carbonyl (C=O) groups excluding carboxylic acids is 1. The normalized spacial score (nSPS) is 19.1. The summed E-state index contributed by atoms with van der Waals surface area (Å²) in [7, 11) is 0. The highest BCUT2D eigenvalue weighted by Gasteiger charge is 2.19. The second-order valence-corrected chi connectivity index (χ2v) is 3.43. The monoisotopic (exact) mass is 192 g/mol. The summed E-state index contributed by atoms with van der Waals surface area (Å²) in [5.74, 6) is 0.466. The third-order valence-electron chi connectivity index (χ3n) is 2.46. The van der Waals surface area contributed by atoms with E-state index in [0.29, 0.717) is 5.75 Å². The molecule has 0 heterocycles. The van der Waals surface area contributed by atoms with Gasteiger partial charge in [0.1, 0.15) is 5.75 Å². The molecule has 0 fully saturated rings. The highest BCUT2D eigenvalue weighted by molar-refractivity contribution is 5.68. The molecule has 0 aliphatic heterocycles. The average molecular weight is 192 g/mol. The van der Waals surface area contributed by atoms with Crippen molar-refractivity contribution in [1.29, 1.82) is 0 Å². The second kappa shape index (κ2) is 3.31. The van der Waals surface area contributed by atoms with E-state index in [0.717, 1.165) is 18.4 Å². The Morgan fingerprint density at radius 3 is 3.00 bits per heavy atom. The molecule has 0 bridgehead atoms. The average Bonchev–Trinajstić information content (AvgIpc) is 2.47. The molecule has 0 radical (unpaired) electrons. The molecule has 1 atom stereocenters. The fourth-order valence-electron chi connectivity index (χ4n) is 1.79. The van der Waals surface area contributed by atoms with Gasteiger partial charge >= 0.3 is 6.09 Å². The molecule has 1 amide bonds. The van der Waals surface area contributed by atoms with Crippen LogP contribution in [0.3, 0.4) is 0 Å². The molecular weight excluding hydrogens is 180 g/mol. The number of benzene rings is 1. The van der Waals surface area contributed by atoms with Crippen molar-refractivity contribution in [3.63, 3.8) is 0 Å². The molecule has 1 aliphatic rings. The summed E-state index contributed by atoms with van der Waals surface area (Å²) in [6.07, 6.45) is 1.15. The van der Waals surface area contributed by atoms with E-state index in [2.05, 4.69) is 0 Å². The number of nitrogens with two attached hydrogens (primary N) is 2. The Morgan fingerprint density at radius 1 is 1.50 bits per heavy atom. The Labute approximate surface area is 81.8 Å². The quantitative estimate of drug-likeness (QED) is 0.699. The maximum atomic E-state index is 10.5. The van der Waals surface area contributed by atoms with E-state index in [1.165, 1.54) is 5.56 Å². The van der Waals surface area contributed by atoms with Crippen LogP contribution in [-0.4, -0.2) is 6.09 Å². The van der Waals surface area contributed by atoms with Crippen LogP contribution in [0.1, 0.15) is 23.6 Å². The molecule has 14 heavy (non-hydrogen) atoms. The lowest BCUT2D eigenvalue weighted by Crippen LogP contribution is -2.16. The highest BCUT2D eigenvalue weighted by atomic mass is 16.5. The molecule has 4 N–H and O–H groups in total. The lowest BCUT2D eigenvalue weighted by atomic mass is 10.1. The summed E-state index contributed by atoms with van der Waals surface area (Å²) in [5, 5.41) is 0. The van der Waals surface area contributed by atoms with Crippen LogP contribution >= 0.6 is 0 Å². The molecular formula is C10H12N2O2. The van der Waals surface area contributed by atoms with Crippen LogP contribution < -0.4 is 16.2 Å². The lowest BCUT2D eigenvalue weighted by Gasteiger charge is -2.06. The van der Waals surface area contributed by atoms with Gasteiger partial charge < -0.3 is 16.2 Å². The first-order valence-corrected chi connectivity index (χ1v) is 4.52. The SMILES string of the molecule is NC(=O)Oc1ccc2c(c1)C(N)CC2. The van der Waals surface area contributed by atoms with Gasteiger partial charge in [-0.3, -0.25) is 0 Å². The minimum absolute atomic E-state index is 0.0569. The number of ether oxygens (including phenoxy) is 1. The number of carbonyl (C=O) groups is 1. The maximum Gasteiger partial charge on any atom is 0.409 e. The number of hydrogen-bond donors (Lipinski definition) is 2. The van der Waals surface area contributed by atoms with Crippen LogP contribution in [0.15, 0.2) is 18.2 Å². The fourth-order valence-corrected chi connectivity index (χ4v) is 1.79. The van der Waals surface area contributed by atoms with Crippen molar-refractivity contribution in [1.82, 2.24) is 0 Å². The van der Waals surface area contributed by atoms with Crippen molar-refractivity contribution in [2.24, 2.45) is 11.5 Å². The van der Waals surface area contributed by atoms with Gasteiger partial charge in [0.25, 0.3) is 0 Å². The molecule has 1 aliphatic carbocycles. The molecule has 2 rings (SSSR count). The Bertz CT molecular complexity index is 376. The minimum Gasteiger partial charge on any atom is -0.410 e. The van der Waals surface area contributed by atoms with Gasteiger partial charge in [0.15, 0.2) is 0 Å². The molecule has 0 saturated carbocycles. The topological polar surface area (TPSA) is 78.3 Å². The molecule has 0 aromatic heterocycles. The molecule has 0 saturated heterocycles. The Morgan fingerprint density at radius 2 is 2.29 bits per heavy atom. The van der Waals surface area contributed by atoms with E-state index in [1.807, 2.05) is 6.07 Å². The van der Waals surface area contributed by atoms with Crippen molar-refractivity contribution in [3.05, 3.63) is 29.3 Å². The van der Waals surface area contributed by atoms with Crippen molar-refractivity contribution < 1.29 is 9.53 Å². The first kappa shape index (κ1) is 9.02. The molecule has 4 heteroatoms. The van der Waals surface area contributed by atoms with E-state index in [1.54, 1.807) is 12.1 Å². The van der Waals surface area contributed by atoms with Crippen molar-refractivity contribution in [3.8, 4) is 5.75 Å². The number of amides is 1. The van der Waals surface area contributed by atoms with Crippen LogP contribution in [0.4, 0.5) is 4.79 Å². The van der Waals surface area contributed by atoms with Gasteiger partial charge in [-0.15, -0.1) is 0 Å². The second-order valence-electron chi connectivity index (χ2n) is 3.43. The van der Waals surface area contributed by atoms with Crippen LogP contribution in [0, 0.1) is 0 Å². The predicted molar refractivity (Wildman–Crippen MR) is 51.9 cm³/mol. The zero-order valence-corrected chi connectivity index (χ0v) is 7.69. The number of fused-ring (bicyclic) bond motifs is 1. The molecule has 4 nitrogen and oxygen atoms in total. The van der Waals surface area contributed by atoms with Gasteiger partial charge in [-0.1, -0.05) is 6.07 Å². The first-order valence-electron chi connectivity index (χ1n) is 4.52. The summed E-state index contributed by atoms with van der Waals surface area (Å²) in [6.45, 7) is 0. The number of rotatable bonds is 1. The van der Waals surface area contributed by atoms with Gasteiger partial charge in [-0.25, -0.2) is 4.79 Å². The summed E-state index contributed by atoms with van der Waals surface area (Å²) >= 11 is 0. The van der Waals surface area contributed by atoms with E-state index >= 15 is 0 Å². The number of primary amides is 1. The molecule has 1 unspecified atom stereocenters. The van der Waals surface area contributed by atoms with Crippen LogP contribution in [0.25, 0.3) is 0 Å². The maximum absolute atomic E-state index is 10.5. The largest absolute Gasteiger partial charge is 0.410 e. The van der Waals surface area contributed by atoms with Crippen molar-refractivity contribution >= 4 is 6.09 Å². The molecule has 0 spiro atoms. The smallest absolute Gasteiger partial charge is 0.409 e. The van der Waals surface area contributed by atoms with Gasteiger partial charge in [0.05, 0.1) is 0 Å². The summed E-state index contributed by atoms with van der Waals surface area (Å²) in [5.41, 5.74) is 13.1. The predicted octanol–water partition coefficient (Wildman–Crippen LogP) is 1.09. The molecule has 1 aromatic rings. The molecule has 74 valence electrons. The highest BCUT2D eigenvalue weighted by Crippen LogP contribution is 2.31. The third kappa shape index (κ3) is 1.56. The van der Waals surface area contributed by atoms with E-state index in [4.69, 9.17) is 16.2 Å². The Balaban J connectivity index is 2.30. The van der Waals surface area contributed by atoms with Crippen molar-refractivity contribution in [2.75, 3.05) is 0 Å². The first-order chi connectivity index (χ1) is 6.66. The minimum atomic E-state index is -0.795. The van der Waals surface area contributed by atoms with Crippen molar-refractivity contribution in [2.45, 2.75) is 18.9 Å². The van der Waals surface area contributed by atoms with E-state index < -0.39 is 6.09 Å². The Hall–Kier alpha value is -1.55. The standard InChI is InChI=1S/C10H12N2O2/c11-9-4-2-6-1-3-7(5-8(6)9)14-10(12)13/h1,3,5,9H,2,4,11H2,(H2,12,13). The van der Waals surface area contributed by atoms with Gasteiger partial charge in [0.2, 0.25) is 0 Å². The van der Waals surface area contributed by atoms with E-state index in [-0.39, 0.29) is 6.04 Å². The fraction of sp³-hybridized carbons (Fsp3) is 0.300. The third-order valence-corrected chi connectivity index (χ3v) is 2.46. The summed E-state index contributed by atoms with van der Waals surface area (Å²) in [4.78, 5) is 10.5. The number of aryl methyl sites for hydroxylation is 1. The van der Waals surface area contributed by atoms with Crippen LogP contribution in [0.2, 0.25) is 0 Å². The van der Waals surface area contributed by atoms with Crippen LogP contribution in [-0.2, 0) is 6.42 Å². The lowest BCUT2D eigenvalue weighted by molar-refractivity contribution is 0.211. The van der Waals surface area contributed by atoms with Gasteiger partial charge in [-0.2, -0.15) is 0 Å². The van der Waals surface area contributed by atoms with Gasteiger partial charge in [0, 0.05) is 6.04 Å². The summed E-state index contributed by atoms with van der Waals surface area (Å²) in [6, 6.07) is 5.52. The zero-order valence-electron chi connectivity index (χ0n) is 7.69. The van der Waals surface area contributed by atoms with Gasteiger partial charge in [-0.05, 0) is 36.1 Å².